The van der Waals surface area contributed by atoms with Gasteiger partial charge in [0.25, 0.3) is 5.91 Å². The van der Waals surface area contributed by atoms with Gasteiger partial charge in [-0.05, 0) is 32.0 Å². The molecule has 2 aromatic rings. The van der Waals surface area contributed by atoms with Crippen molar-refractivity contribution >= 4 is 34.4 Å². The van der Waals surface area contributed by atoms with Gasteiger partial charge in [-0.15, -0.1) is 0 Å². The third kappa shape index (κ3) is 3.31. The van der Waals surface area contributed by atoms with Crippen LogP contribution in [0.5, 0.6) is 0 Å². The molecule has 0 radical (unpaired) electrons. The lowest BCUT2D eigenvalue weighted by Crippen LogP contribution is -2.40. The summed E-state index contributed by atoms with van der Waals surface area (Å²) < 4.78 is 0. The van der Waals surface area contributed by atoms with Gasteiger partial charge in [-0.25, -0.2) is 0 Å². The Hall–Kier alpha value is -2.14. The fourth-order valence-corrected chi connectivity index (χ4v) is 2.18. The Kier molecular flexibility index (Phi) is 4.43. The maximum absolute atomic E-state index is 12.3. The van der Waals surface area contributed by atoms with Gasteiger partial charge < -0.3 is 10.4 Å². The summed E-state index contributed by atoms with van der Waals surface area (Å²) in [6.07, 6.45) is 1.59. The van der Waals surface area contributed by atoms with Crippen molar-refractivity contribution in [3.05, 3.63) is 41.0 Å². The van der Waals surface area contributed by atoms with E-state index in [1.807, 2.05) is 6.07 Å². The van der Waals surface area contributed by atoms with Crippen molar-refractivity contribution in [3.63, 3.8) is 0 Å². The Morgan fingerprint density at radius 2 is 2.05 bits per heavy atom. The smallest absolute Gasteiger partial charge is 0.308 e. The number of nitrogens with one attached hydrogen (secondary N) is 1. The molecule has 0 aliphatic rings. The lowest BCUT2D eigenvalue weighted by molar-refractivity contribution is -0.141. The van der Waals surface area contributed by atoms with Crippen LogP contribution in [0.3, 0.4) is 0 Å². The summed E-state index contributed by atoms with van der Waals surface area (Å²) in [5.74, 6) is -2.04. The fourth-order valence-electron chi connectivity index (χ4n) is 1.95. The third-order valence-electron chi connectivity index (χ3n) is 3.41. The van der Waals surface area contributed by atoms with Crippen LogP contribution in [0.25, 0.3) is 10.9 Å². The van der Waals surface area contributed by atoms with E-state index in [1.54, 1.807) is 32.2 Å². The number of carboxylic acid groups (broad SMARTS) is 1. The quantitative estimate of drug-likeness (QED) is 0.910. The average molecular weight is 307 g/mol. The number of benzene rings is 1. The van der Waals surface area contributed by atoms with Crippen LogP contribution < -0.4 is 5.32 Å². The molecule has 1 amide bonds. The SMILES string of the molecule is CC(NC(=O)c1cc(Cl)cc2cccnc12)C(C)C(=O)O. The number of aliphatic carboxylic acids is 1. The van der Waals surface area contributed by atoms with E-state index < -0.39 is 17.9 Å². The van der Waals surface area contributed by atoms with Crippen molar-refractivity contribution in [1.82, 2.24) is 10.3 Å². The van der Waals surface area contributed by atoms with Crippen molar-refractivity contribution in [2.75, 3.05) is 0 Å². The summed E-state index contributed by atoms with van der Waals surface area (Å²) in [7, 11) is 0. The number of fused-ring (bicyclic) bond motifs is 1. The van der Waals surface area contributed by atoms with E-state index in [4.69, 9.17) is 16.7 Å². The summed E-state index contributed by atoms with van der Waals surface area (Å²) in [5.41, 5.74) is 0.872. The molecule has 0 bridgehead atoms. The minimum atomic E-state index is -0.961. The van der Waals surface area contributed by atoms with E-state index >= 15 is 0 Å². The van der Waals surface area contributed by atoms with Crippen LogP contribution in [0.4, 0.5) is 0 Å². The molecule has 0 saturated carbocycles. The normalized spacial score (nSPS) is 13.7. The molecule has 1 aromatic heterocycles. The van der Waals surface area contributed by atoms with E-state index in [1.165, 1.54) is 6.07 Å². The van der Waals surface area contributed by atoms with Crippen molar-refractivity contribution < 1.29 is 14.7 Å². The van der Waals surface area contributed by atoms with Gasteiger partial charge in [0.05, 0.1) is 17.0 Å². The number of hydrogen-bond acceptors (Lipinski definition) is 3. The van der Waals surface area contributed by atoms with Crippen LogP contribution in [-0.2, 0) is 4.79 Å². The van der Waals surface area contributed by atoms with Crippen LogP contribution in [0.1, 0.15) is 24.2 Å². The number of hydrogen-bond donors (Lipinski definition) is 2. The zero-order valence-corrected chi connectivity index (χ0v) is 12.4. The standard InChI is InChI=1S/C15H15ClN2O3/c1-8(15(20)21)9(2)18-14(19)12-7-11(16)6-10-4-3-5-17-13(10)12/h3-9H,1-2H3,(H,18,19)(H,20,21). The molecule has 0 spiro atoms. The van der Waals surface area contributed by atoms with Gasteiger partial charge in [-0.1, -0.05) is 17.7 Å². The summed E-state index contributed by atoms with van der Waals surface area (Å²) in [4.78, 5) is 27.5. The van der Waals surface area contributed by atoms with Crippen LogP contribution >= 0.6 is 11.6 Å². The number of rotatable bonds is 4. The molecule has 1 aromatic carbocycles. The van der Waals surface area contributed by atoms with Crippen molar-refractivity contribution in [3.8, 4) is 0 Å². The topological polar surface area (TPSA) is 79.3 Å². The molecular weight excluding hydrogens is 292 g/mol. The highest BCUT2D eigenvalue weighted by atomic mass is 35.5. The van der Waals surface area contributed by atoms with Gasteiger partial charge in [0.15, 0.2) is 0 Å². The van der Waals surface area contributed by atoms with Gasteiger partial charge in [-0.3, -0.25) is 14.6 Å². The van der Waals surface area contributed by atoms with Crippen LogP contribution in [0.15, 0.2) is 30.5 Å². The molecule has 5 nitrogen and oxygen atoms in total. The molecule has 0 aliphatic heterocycles. The molecule has 2 N–H and O–H groups in total. The minimum absolute atomic E-state index is 0.336. The molecule has 2 rings (SSSR count). The van der Waals surface area contributed by atoms with Crippen LogP contribution in [-0.4, -0.2) is 28.0 Å². The number of amides is 1. The van der Waals surface area contributed by atoms with E-state index in [0.717, 1.165) is 5.39 Å². The Bertz CT molecular complexity index is 702. The van der Waals surface area contributed by atoms with Gasteiger partial charge in [0, 0.05) is 22.6 Å². The molecule has 2 unspecified atom stereocenters. The molecular formula is C15H15ClN2O3. The molecule has 0 saturated heterocycles. The molecule has 6 heteroatoms. The van der Waals surface area contributed by atoms with E-state index in [2.05, 4.69) is 10.3 Å². The lowest BCUT2D eigenvalue weighted by Gasteiger charge is -2.18. The number of pyridine rings is 1. The van der Waals surface area contributed by atoms with E-state index in [0.29, 0.717) is 16.1 Å². The number of carbonyl (C=O) groups excluding carboxylic acids is 1. The highest BCUT2D eigenvalue weighted by molar-refractivity contribution is 6.32. The highest BCUT2D eigenvalue weighted by Crippen LogP contribution is 2.22. The van der Waals surface area contributed by atoms with Crippen molar-refractivity contribution in [1.29, 1.82) is 0 Å². The summed E-state index contributed by atoms with van der Waals surface area (Å²) in [5, 5.41) is 12.8. The highest BCUT2D eigenvalue weighted by Gasteiger charge is 2.22. The number of nitrogens with zero attached hydrogens (tertiary/aromatic N) is 1. The molecule has 1 heterocycles. The Balaban J connectivity index is 2.33. The second-order valence-electron chi connectivity index (χ2n) is 4.92. The maximum atomic E-state index is 12.3. The number of carbonyl (C=O) groups is 2. The van der Waals surface area contributed by atoms with Crippen molar-refractivity contribution in [2.45, 2.75) is 19.9 Å². The fraction of sp³-hybridized carbons (Fsp3) is 0.267. The Morgan fingerprint density at radius 1 is 1.33 bits per heavy atom. The lowest BCUT2D eigenvalue weighted by atomic mass is 10.0. The Morgan fingerprint density at radius 3 is 2.71 bits per heavy atom. The van der Waals surface area contributed by atoms with E-state index in [-0.39, 0.29) is 5.91 Å². The molecule has 2 atom stereocenters. The zero-order chi connectivity index (χ0) is 15.6. The van der Waals surface area contributed by atoms with Gasteiger partial charge in [-0.2, -0.15) is 0 Å². The van der Waals surface area contributed by atoms with Crippen LogP contribution in [0.2, 0.25) is 5.02 Å². The first-order valence-electron chi connectivity index (χ1n) is 6.48. The molecule has 21 heavy (non-hydrogen) atoms. The molecule has 110 valence electrons. The second-order valence-corrected chi connectivity index (χ2v) is 5.35. The van der Waals surface area contributed by atoms with E-state index in [9.17, 15) is 9.59 Å². The zero-order valence-electron chi connectivity index (χ0n) is 11.6. The second kappa shape index (κ2) is 6.10. The largest absolute Gasteiger partial charge is 0.481 e. The first-order valence-corrected chi connectivity index (χ1v) is 6.86. The minimum Gasteiger partial charge on any atom is -0.481 e. The predicted octanol–water partition coefficient (Wildman–Crippen LogP) is 2.73. The summed E-state index contributed by atoms with van der Waals surface area (Å²) in [6.45, 7) is 3.19. The maximum Gasteiger partial charge on any atom is 0.308 e. The van der Waals surface area contributed by atoms with Gasteiger partial charge >= 0.3 is 5.97 Å². The summed E-state index contributed by atoms with van der Waals surface area (Å²) in [6, 6.07) is 6.32. The molecule has 0 fully saturated rings. The molecule has 0 aliphatic carbocycles. The first kappa shape index (κ1) is 15.3. The monoisotopic (exact) mass is 306 g/mol. The van der Waals surface area contributed by atoms with Crippen molar-refractivity contribution in [2.24, 2.45) is 5.92 Å². The number of aromatic nitrogens is 1. The number of carboxylic acids is 1. The van der Waals surface area contributed by atoms with Gasteiger partial charge in [0.1, 0.15) is 0 Å². The predicted molar refractivity (Wildman–Crippen MR) is 80.5 cm³/mol. The third-order valence-corrected chi connectivity index (χ3v) is 3.63. The van der Waals surface area contributed by atoms with Gasteiger partial charge in [0.2, 0.25) is 0 Å². The first-order chi connectivity index (χ1) is 9.90. The average Bonchev–Trinajstić information content (AvgIpc) is 2.45. The summed E-state index contributed by atoms with van der Waals surface area (Å²) >= 11 is 6.02. The Labute approximate surface area is 126 Å². The van der Waals surface area contributed by atoms with Crippen LogP contribution in [0, 0.1) is 5.92 Å². The number of halogens is 1.